The van der Waals surface area contributed by atoms with E-state index in [2.05, 4.69) is 130 Å². The highest BCUT2D eigenvalue weighted by molar-refractivity contribution is 7.22. The molecule has 0 amide bonds. The molecule has 6 nitrogen and oxygen atoms in total. The largest absolute Gasteiger partial charge is 0.236 e. The third kappa shape index (κ3) is 5.87. The molecule has 0 N–H and O–H groups in total. The quantitative estimate of drug-likeness (QED) is 0.168. The molecule has 0 unspecified atom stereocenters. The molecule has 0 atom stereocenters. The second-order valence-electron chi connectivity index (χ2n) is 13.4. The minimum Gasteiger partial charge on any atom is -0.236 e. The topological polar surface area (TPSA) is 77.3 Å². The van der Waals surface area contributed by atoms with Gasteiger partial charge in [0.25, 0.3) is 0 Å². The minimum absolute atomic E-state index is 0.632. The molecule has 0 saturated carbocycles. The molecular formula is C45H30N6S3. The van der Waals surface area contributed by atoms with Gasteiger partial charge in [0.2, 0.25) is 0 Å². The number of benzene rings is 6. The number of para-hydroxylation sites is 3. The molecule has 4 heterocycles. The van der Waals surface area contributed by atoms with Gasteiger partial charge in [-0.15, -0.1) is 34.0 Å². The van der Waals surface area contributed by atoms with Crippen LogP contribution < -0.4 is 0 Å². The average Bonchev–Trinajstić information content (AvgIpc) is 3.95. The van der Waals surface area contributed by atoms with Gasteiger partial charge in [0.15, 0.2) is 17.5 Å². The average molecular weight is 751 g/mol. The number of rotatable bonds is 6. The van der Waals surface area contributed by atoms with Crippen molar-refractivity contribution in [1.82, 2.24) is 29.9 Å². The Morgan fingerprint density at radius 3 is 0.907 bits per heavy atom. The lowest BCUT2D eigenvalue weighted by atomic mass is 10.0. The van der Waals surface area contributed by atoms with Crippen molar-refractivity contribution in [3.63, 3.8) is 0 Å². The van der Waals surface area contributed by atoms with Gasteiger partial charge in [-0.1, -0.05) is 72.8 Å². The fourth-order valence-electron chi connectivity index (χ4n) is 6.87. The van der Waals surface area contributed by atoms with Crippen LogP contribution in [0, 0.1) is 20.8 Å². The summed E-state index contributed by atoms with van der Waals surface area (Å²) in [5.74, 6) is 1.90. The van der Waals surface area contributed by atoms with Crippen LogP contribution in [0.1, 0.15) is 16.7 Å². The van der Waals surface area contributed by atoms with Crippen LogP contribution in [0.2, 0.25) is 0 Å². The molecule has 258 valence electrons. The SMILES string of the molecule is Cc1cc(-c2nc3ccccc3s2)ccc1-c1nc(-c2ccc(-c3nc4ccccc4s3)cc2C)nc(-c2ccc(-c3nc4ccccc4s3)cc2C)n1. The van der Waals surface area contributed by atoms with E-state index >= 15 is 0 Å². The number of hydrogen-bond acceptors (Lipinski definition) is 9. The molecule has 0 aliphatic rings. The fraction of sp³-hybridized carbons (Fsp3) is 0.0667. The zero-order valence-corrected chi connectivity index (χ0v) is 32.0. The van der Waals surface area contributed by atoms with Crippen LogP contribution in [-0.4, -0.2) is 29.9 Å². The number of aromatic nitrogens is 6. The smallest absolute Gasteiger partial charge is 0.164 e. The first-order valence-electron chi connectivity index (χ1n) is 17.6. The number of fused-ring (bicyclic) bond motifs is 3. The highest BCUT2D eigenvalue weighted by Gasteiger charge is 2.19. The third-order valence-electron chi connectivity index (χ3n) is 9.66. The normalized spacial score (nSPS) is 11.6. The van der Waals surface area contributed by atoms with E-state index in [9.17, 15) is 0 Å². The molecule has 0 radical (unpaired) electrons. The Morgan fingerprint density at radius 2 is 0.630 bits per heavy atom. The van der Waals surface area contributed by atoms with Gasteiger partial charge in [-0.25, -0.2) is 29.9 Å². The summed E-state index contributed by atoms with van der Waals surface area (Å²) >= 11 is 5.11. The van der Waals surface area contributed by atoms with Crippen LogP contribution in [0.5, 0.6) is 0 Å². The van der Waals surface area contributed by atoms with Gasteiger partial charge in [0.05, 0.1) is 30.6 Å². The van der Waals surface area contributed by atoms with E-state index in [1.165, 1.54) is 14.1 Å². The van der Waals surface area contributed by atoms with Gasteiger partial charge in [-0.2, -0.15) is 0 Å². The molecule has 0 fully saturated rings. The molecule has 10 aromatic rings. The molecule has 6 aromatic carbocycles. The highest BCUT2D eigenvalue weighted by Crippen LogP contribution is 2.37. The third-order valence-corrected chi connectivity index (χ3v) is 12.9. The van der Waals surface area contributed by atoms with Crippen LogP contribution in [0.3, 0.4) is 0 Å². The van der Waals surface area contributed by atoms with Crippen LogP contribution >= 0.6 is 34.0 Å². The molecule has 4 aromatic heterocycles. The lowest BCUT2D eigenvalue weighted by molar-refractivity contribution is 1.06. The first kappa shape index (κ1) is 32.6. The number of hydrogen-bond donors (Lipinski definition) is 0. The van der Waals surface area contributed by atoms with Crippen LogP contribution in [0.4, 0.5) is 0 Å². The van der Waals surface area contributed by atoms with E-state index in [-0.39, 0.29) is 0 Å². The zero-order chi connectivity index (χ0) is 36.3. The summed E-state index contributed by atoms with van der Waals surface area (Å²) in [6.45, 7) is 6.35. The Balaban J connectivity index is 1.08. The maximum Gasteiger partial charge on any atom is 0.164 e. The first-order valence-corrected chi connectivity index (χ1v) is 20.1. The van der Waals surface area contributed by atoms with Crippen molar-refractivity contribution in [2.45, 2.75) is 20.8 Å². The Hall–Kier alpha value is -6.00. The van der Waals surface area contributed by atoms with Crippen molar-refractivity contribution in [2.75, 3.05) is 0 Å². The molecule has 0 spiro atoms. The van der Waals surface area contributed by atoms with E-state index in [0.29, 0.717) is 17.5 Å². The van der Waals surface area contributed by atoms with Gasteiger partial charge >= 0.3 is 0 Å². The van der Waals surface area contributed by atoms with E-state index < -0.39 is 0 Å². The van der Waals surface area contributed by atoms with Crippen LogP contribution in [-0.2, 0) is 0 Å². The second-order valence-corrected chi connectivity index (χ2v) is 16.4. The lowest BCUT2D eigenvalue weighted by Gasteiger charge is -2.13. The van der Waals surface area contributed by atoms with Crippen molar-refractivity contribution >= 4 is 64.7 Å². The van der Waals surface area contributed by atoms with Gasteiger partial charge in [0, 0.05) is 33.4 Å². The minimum atomic E-state index is 0.632. The van der Waals surface area contributed by atoms with E-state index in [1.54, 1.807) is 34.0 Å². The van der Waals surface area contributed by atoms with Gasteiger partial charge < -0.3 is 0 Å². The standard InChI is InChI=1S/C45H30N6S3/c1-25-22-28(43-46-34-10-4-7-13-37(34)52-43)16-19-31(25)40-49-41(32-20-17-29(23-26(32)2)44-47-35-11-5-8-14-38(35)53-44)51-42(50-40)33-21-18-30(24-27(33)3)45-48-36-12-6-9-15-39(36)54-45/h4-24H,1-3H3. The summed E-state index contributed by atoms with van der Waals surface area (Å²) in [6, 6.07) is 44.1. The van der Waals surface area contributed by atoms with Crippen molar-refractivity contribution < 1.29 is 0 Å². The van der Waals surface area contributed by atoms with Crippen LogP contribution in [0.25, 0.3) is 96.5 Å². The summed E-state index contributed by atoms with van der Waals surface area (Å²) in [4.78, 5) is 30.2. The Kier molecular flexibility index (Phi) is 7.94. The van der Waals surface area contributed by atoms with Crippen molar-refractivity contribution in [2.24, 2.45) is 0 Å². The molecular weight excluding hydrogens is 721 g/mol. The molecule has 0 aliphatic heterocycles. The van der Waals surface area contributed by atoms with E-state index in [4.69, 9.17) is 29.9 Å². The highest BCUT2D eigenvalue weighted by atomic mass is 32.1. The van der Waals surface area contributed by atoms with E-state index in [1.807, 2.05) is 18.2 Å². The maximum absolute atomic E-state index is 5.16. The van der Waals surface area contributed by atoms with Crippen LogP contribution in [0.15, 0.2) is 127 Å². The lowest BCUT2D eigenvalue weighted by Crippen LogP contribution is -2.03. The summed E-state index contributed by atoms with van der Waals surface area (Å²) < 4.78 is 3.53. The molecule has 0 saturated heterocycles. The predicted molar refractivity (Wildman–Crippen MR) is 226 cm³/mol. The predicted octanol–water partition coefficient (Wildman–Crippen LogP) is 12.6. The van der Waals surface area contributed by atoms with Gasteiger partial charge in [0.1, 0.15) is 15.0 Å². The summed E-state index contributed by atoms with van der Waals surface area (Å²) in [5.41, 5.74) is 12.4. The maximum atomic E-state index is 5.16. The second kappa shape index (κ2) is 13.1. The number of thiazole rings is 3. The molecule has 10 rings (SSSR count). The summed E-state index contributed by atoms with van der Waals surface area (Å²) in [7, 11) is 0. The molecule has 0 bridgehead atoms. The Labute approximate surface area is 323 Å². The summed E-state index contributed by atoms with van der Waals surface area (Å²) in [6.07, 6.45) is 0. The monoisotopic (exact) mass is 750 g/mol. The summed E-state index contributed by atoms with van der Waals surface area (Å²) in [5, 5.41) is 2.99. The molecule has 0 aliphatic carbocycles. The van der Waals surface area contributed by atoms with Crippen molar-refractivity contribution in [1.29, 1.82) is 0 Å². The van der Waals surface area contributed by atoms with Crippen molar-refractivity contribution in [3.8, 4) is 65.9 Å². The van der Waals surface area contributed by atoms with E-state index in [0.717, 1.165) is 81.6 Å². The first-order chi connectivity index (χ1) is 26.4. The zero-order valence-electron chi connectivity index (χ0n) is 29.5. The van der Waals surface area contributed by atoms with Crippen molar-refractivity contribution in [3.05, 3.63) is 144 Å². The fourth-order valence-corrected chi connectivity index (χ4v) is 9.75. The van der Waals surface area contributed by atoms with Gasteiger partial charge in [-0.05, 0) is 92.1 Å². The van der Waals surface area contributed by atoms with Gasteiger partial charge in [-0.3, -0.25) is 0 Å². The number of nitrogens with zero attached hydrogens (tertiary/aromatic N) is 6. The molecule has 54 heavy (non-hydrogen) atoms. The molecule has 9 heteroatoms. The number of aryl methyl sites for hydroxylation is 3. The Morgan fingerprint density at radius 1 is 0.333 bits per heavy atom. The Bertz CT molecular complexity index is 2630.